The maximum Gasteiger partial charge on any atom is 0.309 e. The van der Waals surface area contributed by atoms with Crippen LogP contribution >= 0.6 is 0 Å². The summed E-state index contributed by atoms with van der Waals surface area (Å²) in [5.41, 5.74) is 0.673. The number of H-pyrrole nitrogens is 1. The van der Waals surface area contributed by atoms with Gasteiger partial charge in [-0.05, 0) is 12.1 Å². The molecule has 1 aromatic heterocycles. The molecule has 0 aliphatic carbocycles. The van der Waals surface area contributed by atoms with E-state index in [9.17, 15) is 9.59 Å². The van der Waals surface area contributed by atoms with Crippen molar-refractivity contribution in [1.29, 1.82) is 0 Å². The summed E-state index contributed by atoms with van der Waals surface area (Å²) in [6.07, 6.45) is -0.219. The molecule has 2 N–H and O–H groups in total. The third-order valence-electron chi connectivity index (χ3n) is 2.44. The monoisotopic (exact) mass is 233 g/mol. The minimum Gasteiger partial charge on any atom is -0.495 e. The summed E-state index contributed by atoms with van der Waals surface area (Å²) >= 11 is 0. The van der Waals surface area contributed by atoms with Crippen molar-refractivity contribution in [3.05, 3.63) is 40.2 Å². The Hall–Kier alpha value is -2.30. The Morgan fingerprint density at radius 2 is 2.24 bits per heavy atom. The lowest BCUT2D eigenvalue weighted by molar-refractivity contribution is -0.136. The van der Waals surface area contributed by atoms with Crippen molar-refractivity contribution in [3.8, 4) is 5.75 Å². The molecule has 1 heterocycles. The molecule has 2 aromatic rings. The minimum atomic E-state index is -0.991. The number of methoxy groups -OCH3 is 1. The quantitative estimate of drug-likeness (QED) is 0.833. The highest BCUT2D eigenvalue weighted by Crippen LogP contribution is 2.21. The molecule has 17 heavy (non-hydrogen) atoms. The molecular formula is C12H11NO4. The van der Waals surface area contributed by atoms with Crippen LogP contribution in [0.1, 0.15) is 5.69 Å². The summed E-state index contributed by atoms with van der Waals surface area (Å²) in [5.74, 6) is -0.471. The molecule has 0 aliphatic heterocycles. The molecule has 5 heteroatoms. The highest BCUT2D eigenvalue weighted by Gasteiger charge is 2.08. The molecule has 0 saturated carbocycles. The summed E-state index contributed by atoms with van der Waals surface area (Å²) in [4.78, 5) is 25.3. The molecule has 0 bridgehead atoms. The number of benzene rings is 1. The predicted molar refractivity (Wildman–Crippen MR) is 62.5 cm³/mol. The van der Waals surface area contributed by atoms with Gasteiger partial charge in [-0.1, -0.05) is 6.07 Å². The topological polar surface area (TPSA) is 79.4 Å². The number of aliphatic carboxylic acids is 1. The van der Waals surface area contributed by atoms with Crippen LogP contribution in [0.4, 0.5) is 0 Å². The minimum absolute atomic E-state index is 0.214. The van der Waals surface area contributed by atoms with E-state index in [-0.39, 0.29) is 11.8 Å². The number of hydrogen-bond acceptors (Lipinski definition) is 3. The van der Waals surface area contributed by atoms with Crippen molar-refractivity contribution in [3.63, 3.8) is 0 Å². The van der Waals surface area contributed by atoms with Crippen LogP contribution in [0.15, 0.2) is 29.1 Å². The number of rotatable bonds is 3. The van der Waals surface area contributed by atoms with Crippen molar-refractivity contribution in [1.82, 2.24) is 4.98 Å². The number of pyridine rings is 1. The van der Waals surface area contributed by atoms with E-state index >= 15 is 0 Å². The van der Waals surface area contributed by atoms with Gasteiger partial charge in [-0.15, -0.1) is 0 Å². The third-order valence-corrected chi connectivity index (χ3v) is 2.44. The van der Waals surface area contributed by atoms with Gasteiger partial charge in [0, 0.05) is 17.1 Å². The molecular weight excluding hydrogens is 222 g/mol. The average Bonchev–Trinajstić information content (AvgIpc) is 2.27. The van der Waals surface area contributed by atoms with Crippen molar-refractivity contribution in [2.75, 3.05) is 7.11 Å². The molecule has 0 amide bonds. The van der Waals surface area contributed by atoms with Crippen LogP contribution in [-0.4, -0.2) is 23.2 Å². The number of hydrogen-bond donors (Lipinski definition) is 2. The largest absolute Gasteiger partial charge is 0.495 e. The Kier molecular flexibility index (Phi) is 2.82. The zero-order chi connectivity index (χ0) is 12.4. The Labute approximate surface area is 96.7 Å². The van der Waals surface area contributed by atoms with Gasteiger partial charge in [0.1, 0.15) is 5.75 Å². The van der Waals surface area contributed by atoms with Gasteiger partial charge in [-0.2, -0.15) is 0 Å². The number of ether oxygens (including phenoxy) is 1. The number of carboxylic acid groups (broad SMARTS) is 1. The van der Waals surface area contributed by atoms with Gasteiger partial charge in [-0.25, -0.2) is 0 Å². The molecule has 88 valence electrons. The van der Waals surface area contributed by atoms with Crippen molar-refractivity contribution in [2.24, 2.45) is 0 Å². The normalized spacial score (nSPS) is 10.4. The van der Waals surface area contributed by atoms with E-state index in [2.05, 4.69) is 4.98 Å². The second-order valence-electron chi connectivity index (χ2n) is 3.61. The number of carboxylic acids is 1. The highest BCUT2D eigenvalue weighted by atomic mass is 16.5. The number of aromatic amines is 1. The van der Waals surface area contributed by atoms with Gasteiger partial charge in [0.05, 0.1) is 19.0 Å². The number of nitrogens with one attached hydrogen (secondary N) is 1. The zero-order valence-corrected chi connectivity index (χ0v) is 9.19. The van der Waals surface area contributed by atoms with Gasteiger partial charge >= 0.3 is 5.97 Å². The predicted octanol–water partition coefficient (Wildman–Crippen LogP) is 1.16. The number of fused-ring (bicyclic) bond motifs is 1. The smallest absolute Gasteiger partial charge is 0.309 e. The van der Waals surface area contributed by atoms with E-state index in [1.165, 1.54) is 13.2 Å². The van der Waals surface area contributed by atoms with Gasteiger partial charge in [0.2, 0.25) is 0 Å². The second kappa shape index (κ2) is 4.29. The fraction of sp³-hybridized carbons (Fsp3) is 0.167. The van der Waals surface area contributed by atoms with Crippen molar-refractivity contribution >= 4 is 16.9 Å². The van der Waals surface area contributed by atoms with Crippen molar-refractivity contribution in [2.45, 2.75) is 6.42 Å². The number of para-hydroxylation sites is 1. The summed E-state index contributed by atoms with van der Waals surface area (Å²) in [7, 11) is 1.50. The first kappa shape index (κ1) is 11.2. The molecule has 1 aromatic carbocycles. The Balaban J connectivity index is 2.70. The van der Waals surface area contributed by atoms with E-state index in [0.29, 0.717) is 22.3 Å². The Bertz CT molecular complexity index is 630. The van der Waals surface area contributed by atoms with Crippen LogP contribution in [0, 0.1) is 0 Å². The van der Waals surface area contributed by atoms with Crippen molar-refractivity contribution < 1.29 is 14.6 Å². The molecule has 5 nitrogen and oxygen atoms in total. The van der Waals surface area contributed by atoms with E-state index < -0.39 is 5.97 Å². The number of aromatic nitrogens is 1. The molecule has 0 radical (unpaired) electrons. The van der Waals surface area contributed by atoms with Gasteiger partial charge < -0.3 is 14.8 Å². The Morgan fingerprint density at radius 3 is 2.88 bits per heavy atom. The summed E-state index contributed by atoms with van der Waals surface area (Å²) in [6, 6.07) is 6.40. The molecule has 0 saturated heterocycles. The van der Waals surface area contributed by atoms with E-state index in [1.54, 1.807) is 18.2 Å². The third kappa shape index (κ3) is 2.13. The van der Waals surface area contributed by atoms with Crippen LogP contribution < -0.4 is 10.2 Å². The average molecular weight is 233 g/mol. The molecule has 0 atom stereocenters. The summed E-state index contributed by atoms with van der Waals surface area (Å²) in [5, 5.41) is 9.19. The fourth-order valence-electron chi connectivity index (χ4n) is 1.73. The second-order valence-corrected chi connectivity index (χ2v) is 3.61. The molecule has 0 unspecified atom stereocenters. The van der Waals surface area contributed by atoms with E-state index in [4.69, 9.17) is 9.84 Å². The molecule has 0 spiro atoms. The first-order valence-electron chi connectivity index (χ1n) is 5.02. The number of carbonyl (C=O) groups is 1. The van der Waals surface area contributed by atoms with Gasteiger partial charge in [0.15, 0.2) is 5.43 Å². The van der Waals surface area contributed by atoms with Gasteiger partial charge in [-0.3, -0.25) is 9.59 Å². The lowest BCUT2D eigenvalue weighted by Crippen LogP contribution is -2.09. The van der Waals surface area contributed by atoms with E-state index in [0.717, 1.165) is 0 Å². The fourth-order valence-corrected chi connectivity index (χ4v) is 1.73. The molecule has 0 aliphatic rings. The zero-order valence-electron chi connectivity index (χ0n) is 9.19. The summed E-state index contributed by atoms with van der Waals surface area (Å²) in [6.45, 7) is 0. The van der Waals surface area contributed by atoms with E-state index in [1.807, 2.05) is 0 Å². The van der Waals surface area contributed by atoms with Crippen LogP contribution in [0.25, 0.3) is 10.9 Å². The SMILES string of the molecule is COc1cccc2c(=O)cc(CC(=O)O)[nH]c12. The maximum atomic E-state index is 11.8. The Morgan fingerprint density at radius 1 is 1.47 bits per heavy atom. The summed E-state index contributed by atoms with van der Waals surface area (Å²) < 4.78 is 5.12. The molecule has 0 fully saturated rings. The first-order valence-corrected chi connectivity index (χ1v) is 5.02. The molecule has 2 rings (SSSR count). The lowest BCUT2D eigenvalue weighted by atomic mass is 10.1. The maximum absolute atomic E-state index is 11.8. The first-order chi connectivity index (χ1) is 8.11. The highest BCUT2D eigenvalue weighted by molar-refractivity contribution is 5.85. The van der Waals surface area contributed by atoms with Gasteiger partial charge in [0.25, 0.3) is 0 Å². The lowest BCUT2D eigenvalue weighted by Gasteiger charge is -2.06. The van der Waals surface area contributed by atoms with Crippen LogP contribution in [0.2, 0.25) is 0 Å². The van der Waals surface area contributed by atoms with Crippen LogP contribution in [0.3, 0.4) is 0 Å². The standard InChI is InChI=1S/C12H11NO4/c1-17-10-4-2-3-8-9(14)5-7(6-11(15)16)13-12(8)10/h2-5H,6H2,1H3,(H,13,14)(H,15,16). The van der Waals surface area contributed by atoms with Crippen LogP contribution in [0.5, 0.6) is 5.75 Å². The van der Waals surface area contributed by atoms with Crippen LogP contribution in [-0.2, 0) is 11.2 Å².